The normalized spacial score (nSPS) is 12.8. The molecule has 0 saturated carbocycles. The minimum atomic E-state index is -0.216. The number of hydrogen-bond acceptors (Lipinski definition) is 5. The topological polar surface area (TPSA) is 68.4 Å². The Balaban J connectivity index is 2.34. The van der Waals surface area contributed by atoms with Crippen molar-refractivity contribution in [1.29, 1.82) is 0 Å². The van der Waals surface area contributed by atoms with E-state index in [1.54, 1.807) is 18.2 Å². The monoisotopic (exact) mass is 340 g/mol. The molecule has 6 heteroatoms. The van der Waals surface area contributed by atoms with Crippen LogP contribution in [0.25, 0.3) is 11.5 Å². The summed E-state index contributed by atoms with van der Waals surface area (Å²) in [6.07, 6.45) is -0.216. The molecule has 0 aliphatic carbocycles. The fourth-order valence-corrected chi connectivity index (χ4v) is 2.25. The van der Waals surface area contributed by atoms with Crippen LogP contribution in [0, 0.1) is 5.92 Å². The zero-order valence-corrected chi connectivity index (χ0v) is 13.2. The molecular weight excluding hydrogens is 324 g/mol. The summed E-state index contributed by atoms with van der Waals surface area (Å²) in [4.78, 5) is 4.34. The van der Waals surface area contributed by atoms with Crippen molar-refractivity contribution in [2.45, 2.75) is 26.9 Å². The van der Waals surface area contributed by atoms with E-state index in [0.29, 0.717) is 18.0 Å². The molecule has 1 N–H and O–H groups in total. The third-order valence-electron chi connectivity index (χ3n) is 2.84. The molecule has 0 aliphatic heterocycles. The first-order chi connectivity index (χ1) is 9.52. The number of ether oxygens (including phenoxy) is 1. The largest absolute Gasteiger partial charge is 0.507 e. The van der Waals surface area contributed by atoms with E-state index in [2.05, 4.69) is 26.1 Å². The second kappa shape index (κ2) is 6.37. The second-order valence-electron chi connectivity index (χ2n) is 4.74. The van der Waals surface area contributed by atoms with Crippen molar-refractivity contribution < 1.29 is 14.4 Å². The lowest BCUT2D eigenvalue weighted by Crippen LogP contribution is -2.12. The van der Waals surface area contributed by atoms with Gasteiger partial charge in [0.15, 0.2) is 0 Å². The summed E-state index contributed by atoms with van der Waals surface area (Å²) in [5.74, 6) is 1.11. The van der Waals surface area contributed by atoms with Crippen molar-refractivity contribution in [2.75, 3.05) is 6.61 Å². The summed E-state index contributed by atoms with van der Waals surface area (Å²) >= 11 is 3.35. The summed E-state index contributed by atoms with van der Waals surface area (Å²) in [5.41, 5.74) is 0.497. The Bertz CT molecular complexity index is 584. The average molecular weight is 341 g/mol. The molecule has 0 amide bonds. The Morgan fingerprint density at radius 1 is 1.40 bits per heavy atom. The number of benzene rings is 1. The molecule has 1 heterocycles. The van der Waals surface area contributed by atoms with Gasteiger partial charge in [0.25, 0.3) is 5.89 Å². The summed E-state index contributed by atoms with van der Waals surface area (Å²) in [7, 11) is 0. The van der Waals surface area contributed by atoms with E-state index in [9.17, 15) is 5.11 Å². The molecule has 0 saturated heterocycles. The van der Waals surface area contributed by atoms with Gasteiger partial charge >= 0.3 is 0 Å². The molecule has 1 aromatic heterocycles. The number of halogens is 1. The van der Waals surface area contributed by atoms with Crippen LogP contribution in [0.15, 0.2) is 27.2 Å². The van der Waals surface area contributed by atoms with E-state index in [0.717, 1.165) is 4.47 Å². The highest BCUT2D eigenvalue weighted by Gasteiger charge is 2.23. The van der Waals surface area contributed by atoms with Gasteiger partial charge in [-0.05, 0) is 31.0 Å². The Morgan fingerprint density at radius 3 is 2.80 bits per heavy atom. The van der Waals surface area contributed by atoms with Gasteiger partial charge in [-0.25, -0.2) is 0 Å². The lowest BCUT2D eigenvalue weighted by molar-refractivity contribution is 0.0217. The van der Waals surface area contributed by atoms with E-state index >= 15 is 0 Å². The first-order valence-electron chi connectivity index (χ1n) is 6.47. The van der Waals surface area contributed by atoms with Crippen LogP contribution < -0.4 is 0 Å². The zero-order valence-electron chi connectivity index (χ0n) is 11.6. The highest BCUT2D eigenvalue weighted by Crippen LogP contribution is 2.32. The van der Waals surface area contributed by atoms with Gasteiger partial charge in [0.2, 0.25) is 5.82 Å². The van der Waals surface area contributed by atoms with Crippen LogP contribution in [0.4, 0.5) is 0 Å². The molecule has 1 atom stereocenters. The van der Waals surface area contributed by atoms with Gasteiger partial charge in [-0.1, -0.05) is 34.9 Å². The molecule has 2 aromatic rings. The Kier molecular flexibility index (Phi) is 4.77. The van der Waals surface area contributed by atoms with E-state index in [4.69, 9.17) is 9.26 Å². The first kappa shape index (κ1) is 15.0. The van der Waals surface area contributed by atoms with Gasteiger partial charge < -0.3 is 14.4 Å². The number of aromatic nitrogens is 2. The van der Waals surface area contributed by atoms with Crippen molar-refractivity contribution in [3.63, 3.8) is 0 Å². The molecule has 0 fully saturated rings. The predicted molar refractivity (Wildman–Crippen MR) is 78.3 cm³/mol. The number of phenols is 1. The van der Waals surface area contributed by atoms with Crippen molar-refractivity contribution in [1.82, 2.24) is 10.1 Å². The summed E-state index contributed by atoms with van der Waals surface area (Å²) in [6, 6.07) is 5.05. The van der Waals surface area contributed by atoms with Crippen molar-refractivity contribution >= 4 is 15.9 Å². The van der Waals surface area contributed by atoms with Gasteiger partial charge in [0.1, 0.15) is 11.9 Å². The van der Waals surface area contributed by atoms with Crippen LogP contribution in [0.2, 0.25) is 0 Å². The molecule has 20 heavy (non-hydrogen) atoms. The van der Waals surface area contributed by atoms with Crippen LogP contribution in [-0.2, 0) is 4.74 Å². The Morgan fingerprint density at radius 2 is 2.15 bits per heavy atom. The smallest absolute Gasteiger partial charge is 0.261 e. The molecule has 1 aromatic carbocycles. The molecule has 108 valence electrons. The van der Waals surface area contributed by atoms with Crippen LogP contribution in [0.5, 0.6) is 5.75 Å². The minimum Gasteiger partial charge on any atom is -0.507 e. The average Bonchev–Trinajstić information content (AvgIpc) is 2.87. The number of nitrogens with zero attached hydrogens (tertiary/aromatic N) is 2. The lowest BCUT2D eigenvalue weighted by Gasteiger charge is -2.16. The third-order valence-corrected chi connectivity index (χ3v) is 3.33. The standard InChI is InChI=1S/C14H17BrN2O3/c1-4-19-12(8(2)3)13-16-14(20-17-13)10-7-9(15)5-6-11(10)18/h5-8,12,18H,4H2,1-3H3. The number of aromatic hydroxyl groups is 1. The second-order valence-corrected chi connectivity index (χ2v) is 5.65. The number of hydrogen-bond donors (Lipinski definition) is 1. The minimum absolute atomic E-state index is 0.0981. The van der Waals surface area contributed by atoms with Gasteiger partial charge in [-0.15, -0.1) is 0 Å². The maximum atomic E-state index is 9.87. The maximum absolute atomic E-state index is 9.87. The molecule has 1 unspecified atom stereocenters. The number of rotatable bonds is 5. The lowest BCUT2D eigenvalue weighted by atomic mass is 10.1. The molecule has 0 bridgehead atoms. The van der Waals surface area contributed by atoms with Crippen molar-refractivity contribution in [3.05, 3.63) is 28.5 Å². The van der Waals surface area contributed by atoms with E-state index in [1.165, 1.54) is 0 Å². The third kappa shape index (κ3) is 3.19. The molecule has 5 nitrogen and oxygen atoms in total. The van der Waals surface area contributed by atoms with E-state index < -0.39 is 0 Å². The van der Waals surface area contributed by atoms with Crippen LogP contribution in [-0.4, -0.2) is 21.9 Å². The summed E-state index contributed by atoms with van der Waals surface area (Å²) < 4.78 is 11.7. The fraction of sp³-hybridized carbons (Fsp3) is 0.429. The predicted octanol–water partition coefficient (Wildman–Crippen LogP) is 3.94. The van der Waals surface area contributed by atoms with Gasteiger partial charge in [-0.3, -0.25) is 0 Å². The molecule has 0 radical (unpaired) electrons. The van der Waals surface area contributed by atoms with Crippen LogP contribution >= 0.6 is 15.9 Å². The summed E-state index contributed by atoms with van der Waals surface area (Å²) in [6.45, 7) is 6.57. The van der Waals surface area contributed by atoms with Crippen molar-refractivity contribution in [2.24, 2.45) is 5.92 Å². The van der Waals surface area contributed by atoms with E-state index in [1.807, 2.05) is 20.8 Å². The number of phenolic OH excluding ortho intramolecular Hbond substituents is 1. The molecular formula is C14H17BrN2O3. The highest BCUT2D eigenvalue weighted by molar-refractivity contribution is 9.10. The van der Waals surface area contributed by atoms with Gasteiger partial charge in [-0.2, -0.15) is 4.98 Å². The molecule has 0 aliphatic rings. The molecule has 0 spiro atoms. The SMILES string of the molecule is CCOC(c1noc(-c2cc(Br)ccc2O)n1)C(C)C. The van der Waals surface area contributed by atoms with Crippen molar-refractivity contribution in [3.8, 4) is 17.2 Å². The van der Waals surface area contributed by atoms with Crippen LogP contribution in [0.3, 0.4) is 0 Å². The Labute approximate surface area is 126 Å². The maximum Gasteiger partial charge on any atom is 0.261 e. The first-order valence-corrected chi connectivity index (χ1v) is 7.26. The highest BCUT2D eigenvalue weighted by atomic mass is 79.9. The zero-order chi connectivity index (χ0) is 14.7. The quantitative estimate of drug-likeness (QED) is 0.892. The van der Waals surface area contributed by atoms with Gasteiger partial charge in [0, 0.05) is 11.1 Å². The van der Waals surface area contributed by atoms with Crippen LogP contribution in [0.1, 0.15) is 32.7 Å². The Hall–Kier alpha value is -1.40. The summed E-state index contributed by atoms with van der Waals surface area (Å²) in [5, 5.41) is 13.8. The van der Waals surface area contributed by atoms with E-state index in [-0.39, 0.29) is 23.7 Å². The fourth-order valence-electron chi connectivity index (χ4n) is 1.88. The molecule has 2 rings (SSSR count). The van der Waals surface area contributed by atoms with Gasteiger partial charge in [0.05, 0.1) is 5.56 Å².